The van der Waals surface area contributed by atoms with Crippen molar-refractivity contribution in [3.63, 3.8) is 0 Å². The number of carbonyl (C=O) groups excluding carboxylic acids is 1. The van der Waals surface area contributed by atoms with Crippen LogP contribution in [0.2, 0.25) is 0 Å². The molecule has 0 aromatic heterocycles. The van der Waals surface area contributed by atoms with Gasteiger partial charge in [0.1, 0.15) is 10.6 Å². The second kappa shape index (κ2) is 6.92. The van der Waals surface area contributed by atoms with Gasteiger partial charge in [0.25, 0.3) is 10.0 Å². The molecule has 0 saturated heterocycles. The van der Waals surface area contributed by atoms with Gasteiger partial charge in [-0.15, -0.1) is 0 Å². The average molecular weight is 348 g/mol. The van der Waals surface area contributed by atoms with E-state index in [4.69, 9.17) is 0 Å². The highest BCUT2D eigenvalue weighted by molar-refractivity contribution is 7.92. The summed E-state index contributed by atoms with van der Waals surface area (Å²) in [6, 6.07) is 11.2. The molecule has 0 bridgehead atoms. The molecule has 24 heavy (non-hydrogen) atoms. The van der Waals surface area contributed by atoms with Crippen LogP contribution in [0.15, 0.2) is 47.4 Å². The molecular formula is C17H20N2O4S. The zero-order valence-corrected chi connectivity index (χ0v) is 14.6. The predicted octanol–water partition coefficient (Wildman–Crippen LogP) is 2.48. The lowest BCUT2D eigenvalue weighted by Crippen LogP contribution is -2.23. The summed E-state index contributed by atoms with van der Waals surface area (Å²) in [5.74, 6) is -0.383. The van der Waals surface area contributed by atoms with Crippen molar-refractivity contribution in [2.24, 2.45) is 0 Å². The first-order valence-electron chi connectivity index (χ1n) is 7.32. The number of phenols is 1. The van der Waals surface area contributed by atoms with Crippen LogP contribution in [-0.2, 0) is 21.4 Å². The van der Waals surface area contributed by atoms with Gasteiger partial charge in [-0.3, -0.25) is 9.52 Å². The number of rotatable bonds is 5. The summed E-state index contributed by atoms with van der Waals surface area (Å²) < 4.78 is 27.4. The quantitative estimate of drug-likeness (QED) is 0.869. The first kappa shape index (κ1) is 17.8. The number of phenolic OH excluding ortho intramolecular Hbond substituents is 1. The van der Waals surface area contributed by atoms with Crippen molar-refractivity contribution in [3.8, 4) is 5.75 Å². The molecule has 0 unspecified atom stereocenters. The highest BCUT2D eigenvalue weighted by Gasteiger charge is 2.19. The molecule has 0 aliphatic heterocycles. The molecule has 0 atom stereocenters. The van der Waals surface area contributed by atoms with Crippen LogP contribution in [0.4, 0.5) is 5.69 Å². The van der Waals surface area contributed by atoms with Crippen LogP contribution >= 0.6 is 0 Å². The Bertz CT molecular complexity index is 863. The smallest absolute Gasteiger partial charge is 0.265 e. The Hall–Kier alpha value is -2.54. The largest absolute Gasteiger partial charge is 0.507 e. The molecule has 0 aliphatic rings. The van der Waals surface area contributed by atoms with E-state index in [0.717, 1.165) is 11.1 Å². The third kappa shape index (κ3) is 4.26. The third-order valence-electron chi connectivity index (χ3n) is 3.54. The van der Waals surface area contributed by atoms with E-state index in [1.54, 1.807) is 44.3 Å². The molecule has 128 valence electrons. The molecule has 0 aliphatic carbocycles. The van der Waals surface area contributed by atoms with Gasteiger partial charge in [-0.2, -0.15) is 0 Å². The van der Waals surface area contributed by atoms with Crippen LogP contribution in [0, 0.1) is 6.92 Å². The van der Waals surface area contributed by atoms with Gasteiger partial charge in [-0.1, -0.05) is 18.2 Å². The van der Waals surface area contributed by atoms with E-state index < -0.39 is 10.0 Å². The Morgan fingerprint density at radius 3 is 2.58 bits per heavy atom. The fourth-order valence-corrected chi connectivity index (χ4v) is 3.40. The first-order chi connectivity index (χ1) is 11.2. The lowest BCUT2D eigenvalue weighted by atomic mass is 10.2. The van der Waals surface area contributed by atoms with Crippen LogP contribution < -0.4 is 4.72 Å². The predicted molar refractivity (Wildman–Crippen MR) is 92.2 cm³/mol. The number of hydrogen-bond donors (Lipinski definition) is 2. The summed E-state index contributed by atoms with van der Waals surface area (Å²) in [6.07, 6.45) is 0. The number of benzene rings is 2. The zero-order valence-electron chi connectivity index (χ0n) is 13.8. The number of nitrogens with zero attached hydrogens (tertiary/aromatic N) is 1. The summed E-state index contributed by atoms with van der Waals surface area (Å²) in [5.41, 5.74) is 1.89. The number of aryl methyl sites for hydroxylation is 1. The number of amides is 1. The van der Waals surface area contributed by atoms with Crippen LogP contribution in [0.1, 0.15) is 18.1 Å². The molecule has 6 nitrogen and oxygen atoms in total. The van der Waals surface area contributed by atoms with Gasteiger partial charge in [0, 0.05) is 26.2 Å². The molecule has 0 saturated carbocycles. The summed E-state index contributed by atoms with van der Waals surface area (Å²) in [6.45, 7) is 3.59. The Morgan fingerprint density at radius 2 is 1.92 bits per heavy atom. The van der Waals surface area contributed by atoms with Gasteiger partial charge >= 0.3 is 0 Å². The number of aromatic hydroxyl groups is 1. The molecule has 0 heterocycles. The van der Waals surface area contributed by atoms with Gasteiger partial charge in [-0.05, 0) is 42.3 Å². The summed E-state index contributed by atoms with van der Waals surface area (Å²) in [5, 5.41) is 9.82. The second-order valence-corrected chi connectivity index (χ2v) is 7.30. The maximum Gasteiger partial charge on any atom is 0.265 e. The molecular weight excluding hydrogens is 328 g/mol. The minimum atomic E-state index is -3.91. The van der Waals surface area contributed by atoms with Crippen molar-refractivity contribution in [3.05, 3.63) is 53.6 Å². The summed E-state index contributed by atoms with van der Waals surface area (Å²) >= 11 is 0. The van der Waals surface area contributed by atoms with Gasteiger partial charge in [0.15, 0.2) is 0 Å². The van der Waals surface area contributed by atoms with E-state index in [0.29, 0.717) is 12.2 Å². The van der Waals surface area contributed by atoms with Crippen LogP contribution in [0.25, 0.3) is 0 Å². The van der Waals surface area contributed by atoms with Crippen molar-refractivity contribution in [2.45, 2.75) is 25.3 Å². The van der Waals surface area contributed by atoms with Crippen molar-refractivity contribution in [1.82, 2.24) is 4.90 Å². The average Bonchev–Trinajstić information content (AvgIpc) is 2.49. The number of anilines is 1. The minimum Gasteiger partial charge on any atom is -0.507 e. The Morgan fingerprint density at radius 1 is 1.21 bits per heavy atom. The number of sulfonamides is 1. The summed E-state index contributed by atoms with van der Waals surface area (Å²) in [4.78, 5) is 12.7. The topological polar surface area (TPSA) is 86.7 Å². The van der Waals surface area contributed by atoms with E-state index in [9.17, 15) is 18.3 Å². The molecule has 2 rings (SSSR count). The van der Waals surface area contributed by atoms with Gasteiger partial charge in [0.2, 0.25) is 5.91 Å². The van der Waals surface area contributed by atoms with Gasteiger partial charge in [0.05, 0.1) is 0 Å². The lowest BCUT2D eigenvalue weighted by Gasteiger charge is -2.16. The number of nitrogens with one attached hydrogen (secondary N) is 1. The fourth-order valence-electron chi connectivity index (χ4n) is 2.17. The molecule has 0 spiro atoms. The van der Waals surface area contributed by atoms with E-state index >= 15 is 0 Å². The van der Waals surface area contributed by atoms with E-state index in [-0.39, 0.29) is 16.6 Å². The van der Waals surface area contributed by atoms with Gasteiger partial charge in [-0.25, -0.2) is 8.42 Å². The third-order valence-corrected chi connectivity index (χ3v) is 4.95. The Labute approximate surface area is 141 Å². The minimum absolute atomic E-state index is 0.0781. The number of hydrogen-bond acceptors (Lipinski definition) is 4. The zero-order chi connectivity index (χ0) is 17.9. The Balaban J connectivity index is 2.27. The maximum atomic E-state index is 12.5. The van der Waals surface area contributed by atoms with Crippen molar-refractivity contribution >= 4 is 21.6 Å². The standard InChI is InChI=1S/C17H20N2O4S/c1-12-7-8-16(21)17(9-12)24(22,23)18-15-6-4-5-14(10-15)11-19(3)13(2)20/h4-10,18,21H,11H2,1-3H3. The molecule has 2 N–H and O–H groups in total. The van der Waals surface area contributed by atoms with E-state index in [1.165, 1.54) is 24.0 Å². The van der Waals surface area contributed by atoms with Crippen molar-refractivity contribution in [1.29, 1.82) is 0 Å². The van der Waals surface area contributed by atoms with Crippen molar-refractivity contribution in [2.75, 3.05) is 11.8 Å². The Kier molecular flexibility index (Phi) is 5.14. The lowest BCUT2D eigenvalue weighted by molar-refractivity contribution is -0.128. The van der Waals surface area contributed by atoms with Crippen LogP contribution in [-0.4, -0.2) is 31.4 Å². The van der Waals surface area contributed by atoms with Crippen molar-refractivity contribution < 1.29 is 18.3 Å². The van der Waals surface area contributed by atoms with Crippen LogP contribution in [0.5, 0.6) is 5.75 Å². The highest BCUT2D eigenvalue weighted by atomic mass is 32.2. The van der Waals surface area contributed by atoms with Crippen LogP contribution in [0.3, 0.4) is 0 Å². The second-order valence-electron chi connectivity index (χ2n) is 5.65. The SMILES string of the molecule is CC(=O)N(C)Cc1cccc(NS(=O)(=O)c2cc(C)ccc2O)c1. The number of carbonyl (C=O) groups is 1. The fraction of sp³-hybridized carbons (Fsp3) is 0.235. The molecule has 7 heteroatoms. The first-order valence-corrected chi connectivity index (χ1v) is 8.80. The monoisotopic (exact) mass is 348 g/mol. The molecule has 2 aromatic carbocycles. The van der Waals surface area contributed by atoms with E-state index in [1.807, 2.05) is 0 Å². The van der Waals surface area contributed by atoms with Gasteiger partial charge < -0.3 is 10.0 Å². The highest BCUT2D eigenvalue weighted by Crippen LogP contribution is 2.26. The molecule has 1 amide bonds. The van der Waals surface area contributed by atoms with E-state index in [2.05, 4.69) is 4.72 Å². The summed E-state index contributed by atoms with van der Waals surface area (Å²) in [7, 11) is -2.24. The molecule has 0 radical (unpaired) electrons. The normalized spacial score (nSPS) is 11.1. The molecule has 0 fully saturated rings. The molecule has 2 aromatic rings. The maximum absolute atomic E-state index is 12.5.